The second-order valence-electron chi connectivity index (χ2n) is 8.58. The standard InChI is InChI=1S/C27H28Cl2FN3O4S/c1-4-31-27(35)19(3)32(16-20-8-5-6-10-23(20)30)25(34)17-33(24-11-7-9-22(28)26(24)29)38(36,37)21-14-12-18(2)13-15-21/h5-15,19H,4,16-17H2,1-3H3,(H,31,35)/t19-/m0/s1. The molecule has 0 radical (unpaired) electrons. The molecule has 0 aliphatic heterocycles. The van der Waals surface area contributed by atoms with Gasteiger partial charge in [0.25, 0.3) is 10.0 Å². The number of aryl methyl sites for hydroxylation is 1. The van der Waals surface area contributed by atoms with Crippen LogP contribution >= 0.6 is 23.2 Å². The summed E-state index contributed by atoms with van der Waals surface area (Å²) < 4.78 is 43.0. The van der Waals surface area contributed by atoms with Crippen LogP contribution in [0.25, 0.3) is 0 Å². The minimum absolute atomic E-state index is 0.00963. The van der Waals surface area contributed by atoms with E-state index in [2.05, 4.69) is 5.32 Å². The number of rotatable bonds is 10. The van der Waals surface area contributed by atoms with Gasteiger partial charge >= 0.3 is 0 Å². The highest BCUT2D eigenvalue weighted by Gasteiger charge is 2.33. The largest absolute Gasteiger partial charge is 0.355 e. The molecule has 1 atom stereocenters. The summed E-state index contributed by atoms with van der Waals surface area (Å²) in [6.45, 7) is 4.38. The van der Waals surface area contributed by atoms with Gasteiger partial charge in [-0.2, -0.15) is 0 Å². The van der Waals surface area contributed by atoms with Gasteiger partial charge in [0, 0.05) is 18.7 Å². The van der Waals surface area contributed by atoms with Crippen molar-refractivity contribution in [2.75, 3.05) is 17.4 Å². The van der Waals surface area contributed by atoms with Gasteiger partial charge in [0.05, 0.1) is 20.6 Å². The van der Waals surface area contributed by atoms with Gasteiger partial charge in [-0.1, -0.05) is 65.2 Å². The Kier molecular flexibility index (Phi) is 9.76. The van der Waals surface area contributed by atoms with Gasteiger partial charge in [-0.15, -0.1) is 0 Å². The molecule has 0 saturated heterocycles. The lowest BCUT2D eigenvalue weighted by Crippen LogP contribution is -2.51. The van der Waals surface area contributed by atoms with Crippen molar-refractivity contribution >= 4 is 50.7 Å². The highest BCUT2D eigenvalue weighted by atomic mass is 35.5. The number of nitrogens with one attached hydrogen (secondary N) is 1. The maximum Gasteiger partial charge on any atom is 0.264 e. The number of nitrogens with zero attached hydrogens (tertiary/aromatic N) is 2. The summed E-state index contributed by atoms with van der Waals surface area (Å²) in [7, 11) is -4.31. The van der Waals surface area contributed by atoms with Gasteiger partial charge in [-0.25, -0.2) is 12.8 Å². The SMILES string of the molecule is CCNC(=O)[C@H](C)N(Cc1ccccc1F)C(=O)CN(c1cccc(Cl)c1Cl)S(=O)(=O)c1ccc(C)cc1. The number of likely N-dealkylation sites (N-methyl/N-ethyl adjacent to an activating group) is 1. The zero-order valence-corrected chi connectivity index (χ0v) is 23.4. The lowest BCUT2D eigenvalue weighted by Gasteiger charge is -2.32. The molecule has 0 bridgehead atoms. The summed E-state index contributed by atoms with van der Waals surface area (Å²) in [4.78, 5) is 27.5. The summed E-state index contributed by atoms with van der Waals surface area (Å²) in [5.41, 5.74) is 1.01. The second-order valence-corrected chi connectivity index (χ2v) is 11.2. The Morgan fingerprint density at radius 1 is 1.00 bits per heavy atom. The third-order valence-corrected chi connectivity index (χ3v) is 8.49. The van der Waals surface area contributed by atoms with Gasteiger partial charge in [0.15, 0.2) is 0 Å². The molecule has 38 heavy (non-hydrogen) atoms. The third-order valence-electron chi connectivity index (χ3n) is 5.90. The number of hydrogen-bond donors (Lipinski definition) is 1. The van der Waals surface area contributed by atoms with E-state index in [1.54, 1.807) is 25.1 Å². The molecule has 0 aliphatic carbocycles. The first-order valence-electron chi connectivity index (χ1n) is 11.8. The van der Waals surface area contributed by atoms with Crippen molar-refractivity contribution in [3.05, 3.63) is 93.7 Å². The number of amides is 2. The van der Waals surface area contributed by atoms with Crippen LogP contribution in [0, 0.1) is 12.7 Å². The lowest BCUT2D eigenvalue weighted by atomic mass is 10.1. The van der Waals surface area contributed by atoms with Crippen molar-refractivity contribution in [2.24, 2.45) is 0 Å². The first kappa shape index (κ1) is 29.4. The fourth-order valence-electron chi connectivity index (χ4n) is 3.75. The van der Waals surface area contributed by atoms with E-state index >= 15 is 0 Å². The summed E-state index contributed by atoms with van der Waals surface area (Å²) in [6.07, 6.45) is 0. The van der Waals surface area contributed by atoms with E-state index in [4.69, 9.17) is 23.2 Å². The smallest absolute Gasteiger partial charge is 0.264 e. The highest BCUT2D eigenvalue weighted by Crippen LogP contribution is 2.35. The molecular weight excluding hydrogens is 552 g/mol. The third kappa shape index (κ3) is 6.64. The van der Waals surface area contributed by atoms with Crippen LogP contribution in [-0.2, 0) is 26.2 Å². The number of benzene rings is 3. The second kappa shape index (κ2) is 12.6. The molecule has 0 aliphatic rings. The fourth-order valence-corrected chi connectivity index (χ4v) is 5.62. The lowest BCUT2D eigenvalue weighted by molar-refractivity contribution is -0.139. The van der Waals surface area contributed by atoms with Crippen LogP contribution in [0.4, 0.5) is 10.1 Å². The van der Waals surface area contributed by atoms with E-state index in [1.165, 1.54) is 55.5 Å². The minimum atomic E-state index is -4.31. The molecule has 7 nitrogen and oxygen atoms in total. The number of halogens is 3. The average Bonchev–Trinajstić information content (AvgIpc) is 2.88. The molecule has 3 aromatic carbocycles. The van der Waals surface area contributed by atoms with Gasteiger partial charge in [0.2, 0.25) is 11.8 Å². The molecule has 0 heterocycles. The number of carbonyl (C=O) groups excluding carboxylic acids is 2. The van der Waals surface area contributed by atoms with Crippen LogP contribution in [0.15, 0.2) is 71.6 Å². The van der Waals surface area contributed by atoms with Gasteiger partial charge in [-0.3, -0.25) is 13.9 Å². The molecule has 202 valence electrons. The van der Waals surface area contributed by atoms with E-state index in [0.29, 0.717) is 6.54 Å². The summed E-state index contributed by atoms with van der Waals surface area (Å²) >= 11 is 12.6. The molecule has 1 N–H and O–H groups in total. The first-order valence-corrected chi connectivity index (χ1v) is 14.0. The maximum absolute atomic E-state index is 14.5. The number of sulfonamides is 1. The molecule has 0 spiro atoms. The molecular formula is C27H28Cl2FN3O4S. The Balaban J connectivity index is 2.09. The Labute approximate surface area is 232 Å². The normalized spacial score (nSPS) is 12.1. The first-order chi connectivity index (χ1) is 18.0. The molecule has 0 saturated carbocycles. The van der Waals surface area contributed by atoms with Gasteiger partial charge < -0.3 is 10.2 Å². The van der Waals surface area contributed by atoms with Crippen molar-refractivity contribution in [3.63, 3.8) is 0 Å². The van der Waals surface area contributed by atoms with Crippen LogP contribution in [0.2, 0.25) is 10.0 Å². The monoisotopic (exact) mass is 579 g/mol. The van der Waals surface area contributed by atoms with Crippen LogP contribution in [0.1, 0.15) is 25.0 Å². The van der Waals surface area contributed by atoms with Crippen LogP contribution < -0.4 is 9.62 Å². The van der Waals surface area contributed by atoms with E-state index in [-0.39, 0.29) is 32.7 Å². The topological polar surface area (TPSA) is 86.8 Å². The van der Waals surface area contributed by atoms with E-state index in [9.17, 15) is 22.4 Å². The fraction of sp³-hybridized carbons (Fsp3) is 0.259. The molecule has 3 aromatic rings. The Morgan fingerprint density at radius 2 is 1.66 bits per heavy atom. The number of anilines is 1. The van der Waals surface area contributed by atoms with E-state index in [0.717, 1.165) is 14.8 Å². The predicted molar refractivity (Wildman–Crippen MR) is 147 cm³/mol. The van der Waals surface area contributed by atoms with Crippen molar-refractivity contribution in [1.82, 2.24) is 10.2 Å². The van der Waals surface area contributed by atoms with Crippen molar-refractivity contribution < 1.29 is 22.4 Å². The van der Waals surface area contributed by atoms with E-state index in [1.807, 2.05) is 6.92 Å². The summed E-state index contributed by atoms with van der Waals surface area (Å²) in [5, 5.41) is 2.68. The van der Waals surface area contributed by atoms with Crippen molar-refractivity contribution in [1.29, 1.82) is 0 Å². The van der Waals surface area contributed by atoms with Crippen molar-refractivity contribution in [2.45, 2.75) is 38.3 Å². The van der Waals surface area contributed by atoms with Crippen LogP contribution in [0.3, 0.4) is 0 Å². The summed E-state index contributed by atoms with van der Waals surface area (Å²) in [6, 6.07) is 15.4. The molecule has 0 aromatic heterocycles. The Morgan fingerprint density at radius 3 is 2.29 bits per heavy atom. The average molecular weight is 581 g/mol. The highest BCUT2D eigenvalue weighted by molar-refractivity contribution is 7.92. The van der Waals surface area contributed by atoms with Gasteiger partial charge in [-0.05, 0) is 51.1 Å². The molecule has 3 rings (SSSR count). The Hall–Kier alpha value is -3.14. The van der Waals surface area contributed by atoms with Gasteiger partial charge in [0.1, 0.15) is 18.4 Å². The minimum Gasteiger partial charge on any atom is -0.355 e. The maximum atomic E-state index is 14.5. The molecule has 2 amide bonds. The predicted octanol–water partition coefficient (Wildman–Crippen LogP) is 5.19. The summed E-state index contributed by atoms with van der Waals surface area (Å²) in [5.74, 6) is -1.76. The van der Waals surface area contributed by atoms with Crippen LogP contribution in [-0.4, -0.2) is 44.3 Å². The van der Waals surface area contributed by atoms with E-state index < -0.39 is 40.2 Å². The quantitative estimate of drug-likeness (QED) is 0.358. The zero-order valence-electron chi connectivity index (χ0n) is 21.1. The molecule has 0 fully saturated rings. The zero-order chi connectivity index (χ0) is 28.0. The number of carbonyl (C=O) groups is 2. The number of hydrogen-bond acceptors (Lipinski definition) is 4. The van der Waals surface area contributed by atoms with Crippen molar-refractivity contribution in [3.8, 4) is 0 Å². The van der Waals surface area contributed by atoms with Crippen LogP contribution in [0.5, 0.6) is 0 Å². The molecule has 0 unspecified atom stereocenters. The molecule has 11 heteroatoms. The Bertz CT molecular complexity index is 1420.